The molecule has 0 aromatic heterocycles. The molecule has 1 amide bonds. The standard InChI is InChI=1S/C15H28N2OS/c1-3-13-15(18)17(10-6-7-11-19-2)14(16-13)12-8-4-5-9-12/h12-14,16H,3-11H2,1-2H3. The van der Waals surface area contributed by atoms with E-state index in [-0.39, 0.29) is 6.04 Å². The monoisotopic (exact) mass is 284 g/mol. The minimum atomic E-state index is 0.0751. The Morgan fingerprint density at radius 1 is 1.32 bits per heavy atom. The Balaban J connectivity index is 1.91. The molecule has 1 aliphatic heterocycles. The Bertz CT molecular complexity index is 292. The fraction of sp³-hybridized carbons (Fsp3) is 0.933. The molecule has 2 atom stereocenters. The molecule has 19 heavy (non-hydrogen) atoms. The number of rotatable bonds is 7. The summed E-state index contributed by atoms with van der Waals surface area (Å²) in [6.45, 7) is 3.06. The summed E-state index contributed by atoms with van der Waals surface area (Å²) < 4.78 is 0. The van der Waals surface area contributed by atoms with Crippen LogP contribution in [0.5, 0.6) is 0 Å². The third-order valence-corrected chi connectivity index (χ3v) is 5.24. The van der Waals surface area contributed by atoms with Crippen molar-refractivity contribution in [2.24, 2.45) is 5.92 Å². The largest absolute Gasteiger partial charge is 0.326 e. The molecule has 1 heterocycles. The number of amides is 1. The van der Waals surface area contributed by atoms with Crippen LogP contribution >= 0.6 is 11.8 Å². The zero-order chi connectivity index (χ0) is 13.7. The first-order chi connectivity index (χ1) is 9.27. The van der Waals surface area contributed by atoms with Crippen molar-refractivity contribution in [1.82, 2.24) is 10.2 Å². The van der Waals surface area contributed by atoms with Gasteiger partial charge in [-0.15, -0.1) is 0 Å². The van der Waals surface area contributed by atoms with E-state index in [4.69, 9.17) is 0 Å². The van der Waals surface area contributed by atoms with Crippen molar-refractivity contribution < 1.29 is 4.79 Å². The molecule has 2 fully saturated rings. The molecule has 4 heteroatoms. The maximum absolute atomic E-state index is 12.4. The normalized spacial score (nSPS) is 28.5. The van der Waals surface area contributed by atoms with E-state index in [0.29, 0.717) is 18.0 Å². The third kappa shape index (κ3) is 3.66. The van der Waals surface area contributed by atoms with Crippen molar-refractivity contribution in [3.63, 3.8) is 0 Å². The van der Waals surface area contributed by atoms with Crippen LogP contribution in [-0.4, -0.2) is 41.6 Å². The van der Waals surface area contributed by atoms with E-state index in [9.17, 15) is 4.79 Å². The van der Waals surface area contributed by atoms with Gasteiger partial charge in [-0.1, -0.05) is 19.8 Å². The first-order valence-electron chi connectivity index (χ1n) is 7.83. The number of nitrogens with one attached hydrogen (secondary N) is 1. The molecule has 0 bridgehead atoms. The minimum Gasteiger partial charge on any atom is -0.326 e. The first-order valence-corrected chi connectivity index (χ1v) is 9.22. The number of thioether (sulfide) groups is 1. The minimum absolute atomic E-state index is 0.0751. The maximum atomic E-state index is 12.4. The highest BCUT2D eigenvalue weighted by molar-refractivity contribution is 7.98. The number of carbonyl (C=O) groups is 1. The van der Waals surface area contributed by atoms with E-state index in [1.165, 1.54) is 37.9 Å². The van der Waals surface area contributed by atoms with Crippen LogP contribution in [0.25, 0.3) is 0 Å². The van der Waals surface area contributed by atoms with Crippen molar-refractivity contribution in [2.75, 3.05) is 18.6 Å². The average Bonchev–Trinajstić information content (AvgIpc) is 3.03. The summed E-state index contributed by atoms with van der Waals surface area (Å²) in [5, 5.41) is 3.59. The van der Waals surface area contributed by atoms with Gasteiger partial charge in [-0.25, -0.2) is 0 Å². The molecular weight excluding hydrogens is 256 g/mol. The van der Waals surface area contributed by atoms with Crippen LogP contribution in [0.15, 0.2) is 0 Å². The van der Waals surface area contributed by atoms with E-state index in [1.54, 1.807) is 0 Å². The van der Waals surface area contributed by atoms with E-state index >= 15 is 0 Å². The summed E-state index contributed by atoms with van der Waals surface area (Å²) >= 11 is 1.90. The topological polar surface area (TPSA) is 32.3 Å². The van der Waals surface area contributed by atoms with Crippen molar-refractivity contribution in [3.8, 4) is 0 Å². The molecule has 0 spiro atoms. The van der Waals surface area contributed by atoms with Gasteiger partial charge in [0.1, 0.15) is 0 Å². The van der Waals surface area contributed by atoms with E-state index in [0.717, 1.165) is 19.4 Å². The fourth-order valence-electron chi connectivity index (χ4n) is 3.44. The lowest BCUT2D eigenvalue weighted by atomic mass is 10.0. The van der Waals surface area contributed by atoms with E-state index in [1.807, 2.05) is 11.8 Å². The van der Waals surface area contributed by atoms with Gasteiger partial charge in [-0.2, -0.15) is 11.8 Å². The van der Waals surface area contributed by atoms with Crippen molar-refractivity contribution in [1.29, 1.82) is 0 Å². The molecule has 0 radical (unpaired) electrons. The summed E-state index contributed by atoms with van der Waals surface area (Å²) in [5.74, 6) is 2.26. The van der Waals surface area contributed by atoms with E-state index in [2.05, 4.69) is 23.4 Å². The van der Waals surface area contributed by atoms with Gasteiger partial charge in [-0.05, 0) is 50.0 Å². The van der Waals surface area contributed by atoms with Gasteiger partial charge in [-0.3, -0.25) is 10.1 Å². The number of hydrogen-bond acceptors (Lipinski definition) is 3. The Morgan fingerprint density at radius 3 is 2.68 bits per heavy atom. The lowest BCUT2D eigenvalue weighted by molar-refractivity contribution is -0.130. The van der Waals surface area contributed by atoms with Gasteiger partial charge >= 0.3 is 0 Å². The maximum Gasteiger partial charge on any atom is 0.241 e. The highest BCUT2D eigenvalue weighted by Crippen LogP contribution is 2.32. The average molecular weight is 284 g/mol. The molecule has 1 saturated carbocycles. The molecule has 3 nitrogen and oxygen atoms in total. The van der Waals surface area contributed by atoms with Crippen LogP contribution in [0.3, 0.4) is 0 Å². The van der Waals surface area contributed by atoms with Crippen LogP contribution in [-0.2, 0) is 4.79 Å². The highest BCUT2D eigenvalue weighted by Gasteiger charge is 2.41. The van der Waals surface area contributed by atoms with Crippen LogP contribution in [0.4, 0.5) is 0 Å². The summed E-state index contributed by atoms with van der Waals surface area (Å²) in [6.07, 6.45) is 11.0. The molecular formula is C15H28N2OS. The molecule has 1 aliphatic carbocycles. The van der Waals surface area contributed by atoms with E-state index < -0.39 is 0 Å². The Kier molecular flexibility index (Phi) is 6.02. The highest BCUT2D eigenvalue weighted by atomic mass is 32.2. The van der Waals surface area contributed by atoms with Crippen molar-refractivity contribution in [2.45, 2.75) is 64.1 Å². The zero-order valence-electron chi connectivity index (χ0n) is 12.4. The molecule has 0 aromatic carbocycles. The zero-order valence-corrected chi connectivity index (χ0v) is 13.2. The molecule has 110 valence electrons. The molecule has 1 N–H and O–H groups in total. The molecule has 1 saturated heterocycles. The Morgan fingerprint density at radius 2 is 2.05 bits per heavy atom. The third-order valence-electron chi connectivity index (χ3n) is 4.54. The summed E-state index contributed by atoms with van der Waals surface area (Å²) in [5.41, 5.74) is 0. The lowest BCUT2D eigenvalue weighted by Gasteiger charge is -2.29. The summed E-state index contributed by atoms with van der Waals surface area (Å²) in [7, 11) is 0. The first kappa shape index (κ1) is 15.2. The smallest absolute Gasteiger partial charge is 0.241 e. The quantitative estimate of drug-likeness (QED) is 0.730. The number of nitrogens with zero attached hydrogens (tertiary/aromatic N) is 1. The Labute approximate surface area is 121 Å². The summed E-state index contributed by atoms with van der Waals surface area (Å²) in [4.78, 5) is 14.6. The van der Waals surface area contributed by atoms with Gasteiger partial charge in [0, 0.05) is 6.54 Å². The molecule has 2 aliphatic rings. The fourth-order valence-corrected chi connectivity index (χ4v) is 3.93. The van der Waals surface area contributed by atoms with Gasteiger partial charge in [0.2, 0.25) is 5.91 Å². The van der Waals surface area contributed by atoms with Gasteiger partial charge in [0.25, 0.3) is 0 Å². The SMILES string of the molecule is CCC1NC(C2CCCC2)N(CCCCSC)C1=O. The number of unbranched alkanes of at least 4 members (excludes halogenated alkanes) is 1. The van der Waals surface area contributed by atoms with Crippen LogP contribution < -0.4 is 5.32 Å². The molecule has 2 rings (SSSR count). The van der Waals surface area contributed by atoms with Gasteiger partial charge < -0.3 is 4.90 Å². The Hall–Kier alpha value is -0.220. The van der Waals surface area contributed by atoms with Crippen LogP contribution in [0, 0.1) is 5.92 Å². The predicted molar refractivity (Wildman–Crippen MR) is 82.3 cm³/mol. The van der Waals surface area contributed by atoms with Crippen molar-refractivity contribution >= 4 is 17.7 Å². The summed E-state index contributed by atoms with van der Waals surface area (Å²) in [6, 6.07) is 0.0751. The number of carbonyl (C=O) groups excluding carboxylic acids is 1. The van der Waals surface area contributed by atoms with Gasteiger partial charge in [0.05, 0.1) is 12.2 Å². The molecule has 2 unspecified atom stereocenters. The van der Waals surface area contributed by atoms with Gasteiger partial charge in [0.15, 0.2) is 0 Å². The number of hydrogen-bond donors (Lipinski definition) is 1. The lowest BCUT2D eigenvalue weighted by Crippen LogP contribution is -2.43. The van der Waals surface area contributed by atoms with Crippen LogP contribution in [0.2, 0.25) is 0 Å². The molecule has 0 aromatic rings. The van der Waals surface area contributed by atoms with Crippen LogP contribution in [0.1, 0.15) is 51.9 Å². The second kappa shape index (κ2) is 7.53. The predicted octanol–water partition coefficient (Wildman–Crippen LogP) is 2.86. The second-order valence-corrected chi connectivity index (χ2v) is 6.83. The van der Waals surface area contributed by atoms with Crippen molar-refractivity contribution in [3.05, 3.63) is 0 Å². The second-order valence-electron chi connectivity index (χ2n) is 5.85.